The lowest BCUT2D eigenvalue weighted by molar-refractivity contribution is -0.385. The third-order valence-electron chi connectivity index (χ3n) is 4.31. The smallest absolute Gasteiger partial charge is 0.276 e. The summed E-state index contributed by atoms with van der Waals surface area (Å²) in [6, 6.07) is 6.86. The maximum Gasteiger partial charge on any atom is 0.276 e. The minimum atomic E-state index is -0.680. The second-order valence-corrected chi connectivity index (χ2v) is 6.52. The van der Waals surface area contributed by atoms with Crippen LogP contribution in [0.15, 0.2) is 36.4 Å². The first kappa shape index (κ1) is 22.2. The molecule has 10 heteroatoms. The van der Waals surface area contributed by atoms with Gasteiger partial charge in [-0.05, 0) is 37.6 Å². The minimum Gasteiger partial charge on any atom is -0.496 e. The Morgan fingerprint density at radius 2 is 1.45 bits per heavy atom. The number of benzene rings is 2. The summed E-state index contributed by atoms with van der Waals surface area (Å²) in [5.74, 6) is -1.08. The van der Waals surface area contributed by atoms with E-state index >= 15 is 0 Å². The summed E-state index contributed by atoms with van der Waals surface area (Å²) in [6.45, 7) is 2.58. The lowest BCUT2D eigenvalue weighted by atomic mass is 10.1. The third-order valence-corrected chi connectivity index (χ3v) is 4.31. The van der Waals surface area contributed by atoms with Crippen LogP contribution in [-0.2, 0) is 6.54 Å². The van der Waals surface area contributed by atoms with Crippen LogP contribution in [-0.4, -0.2) is 34.9 Å². The molecule has 2 aromatic rings. The van der Waals surface area contributed by atoms with Crippen LogP contribution in [0.1, 0.15) is 24.8 Å². The molecule has 0 unspecified atom stereocenters. The van der Waals surface area contributed by atoms with Crippen LogP contribution in [0.3, 0.4) is 0 Å². The van der Waals surface area contributed by atoms with E-state index in [9.17, 15) is 29.0 Å². The van der Waals surface area contributed by atoms with Crippen LogP contribution in [0.5, 0.6) is 5.75 Å². The molecule has 0 amide bonds. The van der Waals surface area contributed by atoms with Gasteiger partial charge in [0.2, 0.25) is 0 Å². The number of ether oxygens (including phenoxy) is 1. The van der Waals surface area contributed by atoms with E-state index in [-0.39, 0.29) is 17.1 Å². The summed E-state index contributed by atoms with van der Waals surface area (Å²) < 4.78 is 30.5. The summed E-state index contributed by atoms with van der Waals surface area (Å²) in [7, 11) is 1.32. The summed E-state index contributed by atoms with van der Waals surface area (Å²) in [5.41, 5.74) is 0.197. The first-order valence-electron chi connectivity index (χ1n) is 8.93. The van der Waals surface area contributed by atoms with Crippen LogP contribution < -0.4 is 4.74 Å². The maximum absolute atomic E-state index is 13.2. The Hall–Kier alpha value is -3.14. The summed E-state index contributed by atoms with van der Waals surface area (Å²) in [5, 5.41) is 20.8. The Morgan fingerprint density at radius 1 is 0.897 bits per heavy atom. The molecule has 0 atom stereocenters. The molecule has 29 heavy (non-hydrogen) atoms. The van der Waals surface area contributed by atoms with Crippen molar-refractivity contribution in [2.24, 2.45) is 0 Å². The molecule has 2 aromatic carbocycles. The monoisotopic (exact) mass is 409 g/mol. The molecule has 0 N–H and O–H groups in total. The highest BCUT2D eigenvalue weighted by Crippen LogP contribution is 2.21. The molecule has 0 saturated carbocycles. The molecular formula is C19H21F2N3O5. The van der Waals surface area contributed by atoms with Crippen molar-refractivity contribution in [1.29, 1.82) is 0 Å². The van der Waals surface area contributed by atoms with E-state index in [1.165, 1.54) is 25.7 Å². The van der Waals surface area contributed by atoms with E-state index in [2.05, 4.69) is 9.64 Å². The van der Waals surface area contributed by atoms with Gasteiger partial charge in [0, 0.05) is 18.7 Å². The van der Waals surface area contributed by atoms with Crippen molar-refractivity contribution in [3.63, 3.8) is 0 Å². The van der Waals surface area contributed by atoms with Crippen molar-refractivity contribution in [2.75, 3.05) is 20.2 Å². The molecule has 0 radical (unpaired) electrons. The largest absolute Gasteiger partial charge is 0.496 e. The summed E-state index contributed by atoms with van der Waals surface area (Å²) in [6.07, 6.45) is 3.54. The van der Waals surface area contributed by atoms with E-state index in [4.69, 9.17) is 0 Å². The molecule has 0 spiro atoms. The lowest BCUT2D eigenvalue weighted by Gasteiger charge is -2.26. The Bertz CT molecular complexity index is 873. The summed E-state index contributed by atoms with van der Waals surface area (Å²) >= 11 is 0. The average molecular weight is 409 g/mol. The molecule has 1 saturated heterocycles. The van der Waals surface area contributed by atoms with Gasteiger partial charge in [0.1, 0.15) is 17.4 Å². The molecule has 0 aliphatic carbocycles. The predicted octanol–water partition coefficient (Wildman–Crippen LogP) is 4.46. The number of methoxy groups -OCH3 is 1. The molecular weight excluding hydrogens is 388 g/mol. The van der Waals surface area contributed by atoms with Gasteiger partial charge in [-0.2, -0.15) is 0 Å². The van der Waals surface area contributed by atoms with E-state index in [0.29, 0.717) is 12.1 Å². The number of nitro benzene ring substituents is 2. The van der Waals surface area contributed by atoms with Crippen molar-refractivity contribution in [3.8, 4) is 5.75 Å². The predicted molar refractivity (Wildman–Crippen MR) is 102 cm³/mol. The van der Waals surface area contributed by atoms with E-state index in [1.807, 2.05) is 0 Å². The molecule has 1 aliphatic heterocycles. The standard InChI is InChI=1S/C12H15FN2O2.C7H6FNO3/c13-11-6-10(7-12(8-11)15(16)17)9-14-4-2-1-3-5-14;1-12-7-3-5(8)2-6(4-7)9(10)11/h6-8H,1-5,9H2;2-4H,1H3. The Labute approximate surface area is 166 Å². The highest BCUT2D eigenvalue weighted by atomic mass is 19.1. The lowest BCUT2D eigenvalue weighted by Crippen LogP contribution is -2.29. The molecule has 8 nitrogen and oxygen atoms in total. The number of nitrogens with zero attached hydrogens (tertiary/aromatic N) is 3. The van der Waals surface area contributed by atoms with Gasteiger partial charge >= 0.3 is 0 Å². The van der Waals surface area contributed by atoms with Crippen LogP contribution in [0, 0.1) is 31.9 Å². The van der Waals surface area contributed by atoms with Crippen molar-refractivity contribution < 1.29 is 23.4 Å². The highest BCUT2D eigenvalue weighted by Gasteiger charge is 2.14. The number of hydrogen-bond acceptors (Lipinski definition) is 6. The van der Waals surface area contributed by atoms with Gasteiger partial charge in [-0.3, -0.25) is 25.1 Å². The van der Waals surface area contributed by atoms with Crippen LogP contribution in [0.4, 0.5) is 20.2 Å². The molecule has 3 rings (SSSR count). The first-order valence-corrected chi connectivity index (χ1v) is 8.93. The normalized spacial score (nSPS) is 13.9. The molecule has 1 fully saturated rings. The quantitative estimate of drug-likeness (QED) is 0.534. The molecule has 0 aromatic heterocycles. The fraction of sp³-hybridized carbons (Fsp3) is 0.368. The highest BCUT2D eigenvalue weighted by molar-refractivity contribution is 5.38. The molecule has 0 bridgehead atoms. The van der Waals surface area contributed by atoms with Gasteiger partial charge in [-0.15, -0.1) is 0 Å². The second kappa shape index (κ2) is 10.4. The number of rotatable bonds is 5. The number of hydrogen-bond donors (Lipinski definition) is 0. The number of piperidine rings is 1. The minimum absolute atomic E-state index is 0.140. The van der Waals surface area contributed by atoms with Gasteiger partial charge < -0.3 is 4.74 Å². The van der Waals surface area contributed by atoms with Gasteiger partial charge in [0.05, 0.1) is 35.2 Å². The average Bonchev–Trinajstić information content (AvgIpc) is 2.68. The zero-order valence-electron chi connectivity index (χ0n) is 15.8. The fourth-order valence-corrected chi connectivity index (χ4v) is 2.98. The SMILES string of the molecule is COc1cc(F)cc([N+](=O)[O-])c1.O=[N+]([O-])c1cc(F)cc(CN2CCCCC2)c1. The van der Waals surface area contributed by atoms with Crippen molar-refractivity contribution in [1.82, 2.24) is 4.90 Å². The molecule has 1 aliphatic rings. The summed E-state index contributed by atoms with van der Waals surface area (Å²) in [4.78, 5) is 21.8. The zero-order valence-corrected chi connectivity index (χ0v) is 15.8. The Balaban J connectivity index is 0.000000221. The van der Waals surface area contributed by atoms with E-state index < -0.39 is 21.5 Å². The van der Waals surface area contributed by atoms with E-state index in [0.717, 1.165) is 50.2 Å². The number of likely N-dealkylation sites (tertiary alicyclic amines) is 1. The maximum atomic E-state index is 13.2. The first-order chi connectivity index (χ1) is 13.8. The van der Waals surface area contributed by atoms with Gasteiger partial charge in [0.15, 0.2) is 0 Å². The molecule has 1 heterocycles. The third kappa shape index (κ3) is 7.07. The van der Waals surface area contributed by atoms with Gasteiger partial charge in [-0.1, -0.05) is 6.42 Å². The Morgan fingerprint density at radius 3 is 2.00 bits per heavy atom. The Kier molecular flexibility index (Phi) is 7.96. The zero-order chi connectivity index (χ0) is 21.4. The van der Waals surface area contributed by atoms with Crippen molar-refractivity contribution >= 4 is 11.4 Å². The van der Waals surface area contributed by atoms with E-state index in [1.54, 1.807) is 0 Å². The second-order valence-electron chi connectivity index (χ2n) is 6.52. The number of halogens is 2. The van der Waals surface area contributed by atoms with Crippen molar-refractivity contribution in [3.05, 3.63) is 73.8 Å². The number of nitro groups is 2. The van der Waals surface area contributed by atoms with Crippen LogP contribution >= 0.6 is 0 Å². The molecule has 156 valence electrons. The van der Waals surface area contributed by atoms with Gasteiger partial charge in [-0.25, -0.2) is 8.78 Å². The van der Waals surface area contributed by atoms with Crippen LogP contribution in [0.2, 0.25) is 0 Å². The number of non-ortho nitro benzene ring substituents is 2. The van der Waals surface area contributed by atoms with Crippen molar-refractivity contribution in [2.45, 2.75) is 25.8 Å². The fourth-order valence-electron chi connectivity index (χ4n) is 2.98. The van der Waals surface area contributed by atoms with Crippen LogP contribution in [0.25, 0.3) is 0 Å². The van der Waals surface area contributed by atoms with Gasteiger partial charge in [0.25, 0.3) is 11.4 Å². The topological polar surface area (TPSA) is 98.8 Å².